The minimum atomic E-state index is 0.498. The van der Waals surface area contributed by atoms with Crippen LogP contribution in [0.5, 0.6) is 0 Å². The van der Waals surface area contributed by atoms with E-state index >= 15 is 0 Å². The second-order valence-corrected chi connectivity index (χ2v) is 5.09. The highest BCUT2D eigenvalue weighted by atomic mass is 79.9. The number of nitriles is 1. The maximum absolute atomic E-state index is 9.39. The zero-order chi connectivity index (χ0) is 13.4. The lowest BCUT2D eigenvalue weighted by molar-refractivity contribution is 1.12. The Morgan fingerprint density at radius 3 is 2.89 bits per heavy atom. The number of nitrogens with zero attached hydrogens (tertiary/aromatic N) is 4. The quantitative estimate of drug-likeness (QED) is 0.692. The number of pyridine rings is 2. The number of hydrogen-bond acceptors (Lipinski definition) is 3. The van der Waals surface area contributed by atoms with Crippen molar-refractivity contribution in [1.82, 2.24) is 14.4 Å². The first-order valence-electron chi connectivity index (χ1n) is 5.70. The summed E-state index contributed by atoms with van der Waals surface area (Å²) in [6.45, 7) is 1.97. The fraction of sp³-hybridized carbons (Fsp3) is 0.0714. The van der Waals surface area contributed by atoms with Gasteiger partial charge in [-0.2, -0.15) is 5.26 Å². The van der Waals surface area contributed by atoms with E-state index in [1.165, 1.54) is 0 Å². The molecule has 3 rings (SSSR count). The van der Waals surface area contributed by atoms with E-state index < -0.39 is 0 Å². The summed E-state index contributed by atoms with van der Waals surface area (Å²) >= 11 is 3.44. The Morgan fingerprint density at radius 2 is 2.21 bits per heavy atom. The van der Waals surface area contributed by atoms with Crippen LogP contribution in [0.2, 0.25) is 0 Å². The van der Waals surface area contributed by atoms with Gasteiger partial charge in [0.1, 0.15) is 17.4 Å². The predicted octanol–water partition coefficient (Wildman–Crippen LogP) is 3.34. The van der Waals surface area contributed by atoms with Gasteiger partial charge in [0, 0.05) is 16.9 Å². The van der Waals surface area contributed by atoms with Gasteiger partial charge in [0.05, 0.1) is 5.69 Å². The molecular formula is C14H9BrN4. The molecule has 0 saturated heterocycles. The highest BCUT2D eigenvalue weighted by Gasteiger charge is 2.16. The van der Waals surface area contributed by atoms with Crippen LogP contribution in [0.15, 0.2) is 41.1 Å². The molecule has 0 unspecified atom stereocenters. The van der Waals surface area contributed by atoms with Crippen molar-refractivity contribution < 1.29 is 0 Å². The van der Waals surface area contributed by atoms with Gasteiger partial charge in [0.25, 0.3) is 0 Å². The van der Waals surface area contributed by atoms with Crippen LogP contribution < -0.4 is 0 Å². The molecule has 0 fully saturated rings. The van der Waals surface area contributed by atoms with E-state index in [2.05, 4.69) is 32.0 Å². The number of halogens is 1. The summed E-state index contributed by atoms with van der Waals surface area (Å²) in [6.07, 6.45) is 3.55. The molecule has 3 heterocycles. The average molecular weight is 313 g/mol. The number of aryl methyl sites for hydroxylation is 1. The normalized spacial score (nSPS) is 10.6. The number of rotatable bonds is 1. The summed E-state index contributed by atoms with van der Waals surface area (Å²) in [7, 11) is 0. The van der Waals surface area contributed by atoms with Gasteiger partial charge >= 0.3 is 0 Å². The minimum absolute atomic E-state index is 0.498. The van der Waals surface area contributed by atoms with Crippen LogP contribution in [0.1, 0.15) is 11.3 Å². The summed E-state index contributed by atoms with van der Waals surface area (Å²) in [4.78, 5) is 8.82. The summed E-state index contributed by atoms with van der Waals surface area (Å²) in [5, 5.41) is 9.39. The topological polar surface area (TPSA) is 54.0 Å². The Bertz CT molecular complexity index is 800. The maximum Gasteiger partial charge on any atom is 0.154 e. The number of imidazole rings is 1. The Kier molecular flexibility index (Phi) is 2.80. The van der Waals surface area contributed by atoms with Crippen LogP contribution in [0.4, 0.5) is 0 Å². The van der Waals surface area contributed by atoms with Gasteiger partial charge in [-0.25, -0.2) is 4.98 Å². The molecule has 0 radical (unpaired) electrons. The van der Waals surface area contributed by atoms with Gasteiger partial charge in [0.2, 0.25) is 0 Å². The van der Waals surface area contributed by atoms with Crippen LogP contribution >= 0.6 is 15.9 Å². The molecule has 92 valence electrons. The first-order valence-corrected chi connectivity index (χ1v) is 6.49. The molecule has 0 bridgehead atoms. The lowest BCUT2D eigenvalue weighted by Crippen LogP contribution is -1.91. The predicted molar refractivity (Wildman–Crippen MR) is 75.6 cm³/mol. The van der Waals surface area contributed by atoms with Gasteiger partial charge < -0.3 is 0 Å². The molecule has 0 saturated carbocycles. The molecule has 3 aromatic rings. The molecule has 19 heavy (non-hydrogen) atoms. The second kappa shape index (κ2) is 4.48. The fourth-order valence-electron chi connectivity index (χ4n) is 2.06. The third kappa shape index (κ3) is 1.90. The Labute approximate surface area is 118 Å². The van der Waals surface area contributed by atoms with Crippen molar-refractivity contribution in [2.75, 3.05) is 0 Å². The molecule has 3 aromatic heterocycles. The van der Waals surface area contributed by atoms with Gasteiger partial charge in [-0.05, 0) is 46.6 Å². The van der Waals surface area contributed by atoms with Crippen LogP contribution in [0.3, 0.4) is 0 Å². The lowest BCUT2D eigenvalue weighted by Gasteiger charge is -1.99. The molecule has 0 amide bonds. The average Bonchev–Trinajstić information content (AvgIpc) is 2.78. The van der Waals surface area contributed by atoms with Crippen molar-refractivity contribution in [3.05, 3.63) is 52.4 Å². The molecule has 4 nitrogen and oxygen atoms in total. The molecule has 0 aliphatic heterocycles. The van der Waals surface area contributed by atoms with Crippen molar-refractivity contribution in [3.8, 4) is 17.5 Å². The minimum Gasteiger partial charge on any atom is -0.289 e. The van der Waals surface area contributed by atoms with Crippen LogP contribution in [-0.2, 0) is 0 Å². The van der Waals surface area contributed by atoms with Crippen LogP contribution in [0.25, 0.3) is 17.0 Å². The maximum atomic E-state index is 9.39. The molecule has 0 spiro atoms. The van der Waals surface area contributed by atoms with Gasteiger partial charge in [-0.3, -0.25) is 9.38 Å². The van der Waals surface area contributed by atoms with Gasteiger partial charge in [0.15, 0.2) is 5.69 Å². The largest absolute Gasteiger partial charge is 0.289 e. The highest BCUT2D eigenvalue weighted by Crippen LogP contribution is 2.25. The lowest BCUT2D eigenvalue weighted by atomic mass is 10.2. The third-order valence-corrected chi connectivity index (χ3v) is 3.32. The van der Waals surface area contributed by atoms with Crippen LogP contribution in [-0.4, -0.2) is 14.4 Å². The van der Waals surface area contributed by atoms with E-state index in [1.807, 2.05) is 37.4 Å². The summed E-state index contributed by atoms with van der Waals surface area (Å²) in [5.74, 6) is 0. The van der Waals surface area contributed by atoms with Crippen molar-refractivity contribution >= 4 is 21.6 Å². The molecule has 0 N–H and O–H groups in total. The highest BCUT2D eigenvalue weighted by molar-refractivity contribution is 9.10. The van der Waals surface area contributed by atoms with Crippen molar-refractivity contribution in [2.45, 2.75) is 6.92 Å². The molecular weight excluding hydrogens is 304 g/mol. The van der Waals surface area contributed by atoms with E-state index in [0.717, 1.165) is 15.7 Å². The molecule has 0 aliphatic carbocycles. The summed E-state index contributed by atoms with van der Waals surface area (Å²) in [6, 6.07) is 9.77. The smallest absolute Gasteiger partial charge is 0.154 e. The van der Waals surface area contributed by atoms with E-state index in [-0.39, 0.29) is 0 Å². The van der Waals surface area contributed by atoms with Crippen LogP contribution in [0, 0.1) is 18.3 Å². The third-order valence-electron chi connectivity index (χ3n) is 2.88. The zero-order valence-corrected chi connectivity index (χ0v) is 11.7. The van der Waals surface area contributed by atoms with E-state index in [0.29, 0.717) is 17.1 Å². The number of aromatic nitrogens is 3. The molecule has 5 heteroatoms. The van der Waals surface area contributed by atoms with Crippen molar-refractivity contribution in [3.63, 3.8) is 0 Å². The summed E-state index contributed by atoms with van der Waals surface area (Å²) in [5.41, 5.74) is 3.61. The number of fused-ring (bicyclic) bond motifs is 1. The SMILES string of the molecule is Cc1cc(Br)cn2c(C#N)c(-c3ccccn3)nc12. The second-order valence-electron chi connectivity index (χ2n) is 4.17. The van der Waals surface area contributed by atoms with E-state index in [1.54, 1.807) is 10.6 Å². The first-order chi connectivity index (χ1) is 9.20. The molecule has 0 aliphatic rings. The number of hydrogen-bond donors (Lipinski definition) is 0. The first kappa shape index (κ1) is 11.9. The van der Waals surface area contributed by atoms with Gasteiger partial charge in [-0.15, -0.1) is 0 Å². The van der Waals surface area contributed by atoms with Crippen molar-refractivity contribution in [1.29, 1.82) is 5.26 Å². The Balaban J connectivity index is 2.39. The van der Waals surface area contributed by atoms with Gasteiger partial charge in [-0.1, -0.05) is 6.07 Å². The Morgan fingerprint density at radius 1 is 1.37 bits per heavy atom. The van der Waals surface area contributed by atoms with E-state index in [4.69, 9.17) is 0 Å². The Hall–Kier alpha value is -2.19. The fourth-order valence-corrected chi connectivity index (χ4v) is 2.60. The molecule has 0 atom stereocenters. The van der Waals surface area contributed by atoms with Crippen molar-refractivity contribution in [2.24, 2.45) is 0 Å². The summed E-state index contributed by atoms with van der Waals surface area (Å²) < 4.78 is 2.71. The standard InChI is InChI=1S/C14H9BrN4/c1-9-6-10(15)8-19-12(7-16)13(18-14(9)19)11-4-2-3-5-17-11/h2-6,8H,1H3. The zero-order valence-electron chi connectivity index (χ0n) is 10.1. The molecule has 0 aromatic carbocycles. The monoisotopic (exact) mass is 312 g/mol. The van der Waals surface area contributed by atoms with E-state index in [9.17, 15) is 5.26 Å².